The Balaban J connectivity index is 1.64. The first-order valence-electron chi connectivity index (χ1n) is 10.4. The number of ether oxygens (including phenoxy) is 1. The predicted molar refractivity (Wildman–Crippen MR) is 123 cm³/mol. The highest BCUT2D eigenvalue weighted by atomic mass is 16.5. The Kier molecular flexibility index (Phi) is 5.98. The highest BCUT2D eigenvalue weighted by Crippen LogP contribution is 2.27. The average molecular weight is 428 g/mol. The molecule has 0 atom stereocenters. The number of aromatic nitrogens is 3. The quantitative estimate of drug-likeness (QED) is 0.423. The van der Waals surface area contributed by atoms with Gasteiger partial charge in [-0.1, -0.05) is 48.5 Å². The van der Waals surface area contributed by atoms with Crippen LogP contribution in [0.1, 0.15) is 30.2 Å². The normalized spacial score (nSPS) is 11.0. The molecule has 0 saturated carbocycles. The van der Waals surface area contributed by atoms with Gasteiger partial charge >= 0.3 is 5.97 Å². The summed E-state index contributed by atoms with van der Waals surface area (Å²) in [5, 5.41) is 5.00. The number of hydrogen-bond acceptors (Lipinski definition) is 5. The Bertz CT molecular complexity index is 1250. The van der Waals surface area contributed by atoms with Crippen LogP contribution < -0.4 is 4.90 Å². The van der Waals surface area contributed by atoms with E-state index in [-0.39, 0.29) is 18.6 Å². The van der Waals surface area contributed by atoms with E-state index < -0.39 is 5.97 Å². The first-order valence-corrected chi connectivity index (χ1v) is 10.4. The zero-order valence-corrected chi connectivity index (χ0v) is 18.2. The zero-order valence-electron chi connectivity index (χ0n) is 18.2. The molecule has 0 aliphatic carbocycles. The molecule has 32 heavy (non-hydrogen) atoms. The van der Waals surface area contributed by atoms with Gasteiger partial charge in [-0.2, -0.15) is 5.10 Å². The van der Waals surface area contributed by atoms with Crippen LogP contribution in [0.4, 0.5) is 5.69 Å². The van der Waals surface area contributed by atoms with E-state index in [1.807, 2.05) is 74.5 Å². The second-order valence-electron chi connectivity index (χ2n) is 7.71. The summed E-state index contributed by atoms with van der Waals surface area (Å²) in [6.07, 6.45) is 1.62. The van der Waals surface area contributed by atoms with Crippen molar-refractivity contribution in [2.75, 3.05) is 18.6 Å². The summed E-state index contributed by atoms with van der Waals surface area (Å²) in [7, 11) is 1.65. The number of anilines is 1. The Morgan fingerprint density at radius 3 is 2.34 bits per heavy atom. The lowest BCUT2D eigenvalue weighted by atomic mass is 10.1. The van der Waals surface area contributed by atoms with E-state index in [4.69, 9.17) is 9.72 Å². The topological polar surface area (TPSA) is 77.3 Å². The fourth-order valence-electron chi connectivity index (χ4n) is 3.42. The van der Waals surface area contributed by atoms with Crippen molar-refractivity contribution in [2.24, 2.45) is 0 Å². The molecule has 7 nitrogen and oxygen atoms in total. The number of para-hydroxylation sites is 1. The number of carbonyl (C=O) groups excluding carboxylic acids is 2. The maximum atomic E-state index is 13.0. The lowest BCUT2D eigenvalue weighted by molar-refractivity contribution is -0.121. The molecule has 0 aliphatic rings. The molecule has 0 bridgehead atoms. The fraction of sp³-hybridized carbons (Fsp3) is 0.200. The number of rotatable bonds is 6. The number of hydrogen-bond donors (Lipinski definition) is 0. The summed E-state index contributed by atoms with van der Waals surface area (Å²) in [5.41, 5.74) is 3.17. The Morgan fingerprint density at radius 1 is 1.03 bits per heavy atom. The van der Waals surface area contributed by atoms with E-state index in [9.17, 15) is 9.59 Å². The van der Waals surface area contributed by atoms with E-state index in [1.165, 1.54) is 4.90 Å². The molecule has 0 unspecified atom stereocenters. The molecule has 0 N–H and O–H groups in total. The average Bonchev–Trinajstić information content (AvgIpc) is 3.26. The number of nitrogens with zero attached hydrogens (tertiary/aromatic N) is 4. The van der Waals surface area contributed by atoms with Crippen LogP contribution in [-0.4, -0.2) is 40.3 Å². The van der Waals surface area contributed by atoms with Crippen molar-refractivity contribution in [1.29, 1.82) is 0 Å². The van der Waals surface area contributed by atoms with Crippen LogP contribution in [0, 0.1) is 0 Å². The third-order valence-corrected chi connectivity index (χ3v) is 5.19. The largest absolute Gasteiger partial charge is 0.452 e. The van der Waals surface area contributed by atoms with Gasteiger partial charge in [0.05, 0.1) is 22.8 Å². The van der Waals surface area contributed by atoms with Crippen LogP contribution in [0.5, 0.6) is 0 Å². The minimum Gasteiger partial charge on any atom is -0.452 e. The predicted octanol–water partition coefficient (Wildman–Crippen LogP) is 4.50. The van der Waals surface area contributed by atoms with Gasteiger partial charge in [0, 0.05) is 24.3 Å². The molecule has 0 saturated heterocycles. The summed E-state index contributed by atoms with van der Waals surface area (Å²) in [4.78, 5) is 31.8. The monoisotopic (exact) mass is 428 g/mol. The maximum Gasteiger partial charge on any atom is 0.339 e. The van der Waals surface area contributed by atoms with E-state index in [2.05, 4.69) is 5.10 Å². The Morgan fingerprint density at radius 2 is 1.69 bits per heavy atom. The molecule has 4 rings (SSSR count). The number of amides is 1. The van der Waals surface area contributed by atoms with E-state index in [1.54, 1.807) is 24.0 Å². The molecule has 162 valence electrons. The summed E-state index contributed by atoms with van der Waals surface area (Å²) in [6.45, 7) is 3.63. The van der Waals surface area contributed by atoms with Gasteiger partial charge in [-0.05, 0) is 32.0 Å². The van der Waals surface area contributed by atoms with Crippen LogP contribution in [0.25, 0.3) is 22.3 Å². The molecule has 2 aromatic heterocycles. The first kappa shape index (κ1) is 21.2. The van der Waals surface area contributed by atoms with Crippen LogP contribution in [0.2, 0.25) is 0 Å². The van der Waals surface area contributed by atoms with Gasteiger partial charge in [-0.3, -0.25) is 4.79 Å². The van der Waals surface area contributed by atoms with E-state index >= 15 is 0 Å². The van der Waals surface area contributed by atoms with Crippen molar-refractivity contribution < 1.29 is 14.3 Å². The highest BCUT2D eigenvalue weighted by Gasteiger charge is 2.21. The number of benzene rings is 2. The number of fused-ring (bicyclic) bond motifs is 1. The standard InChI is InChI=1S/C25H24N4O3/c1-17(2)29-24-21(15-26-29)20(14-22(27-24)18-10-6-4-7-11-18)25(31)32-16-23(30)28(3)19-12-8-5-9-13-19/h4-15,17H,16H2,1-3H3. The first-order chi connectivity index (χ1) is 15.5. The van der Waals surface area contributed by atoms with Crippen molar-refractivity contribution in [2.45, 2.75) is 19.9 Å². The smallest absolute Gasteiger partial charge is 0.339 e. The highest BCUT2D eigenvalue weighted by molar-refractivity contribution is 6.05. The lowest BCUT2D eigenvalue weighted by Crippen LogP contribution is -2.31. The molecule has 0 aliphatic heterocycles. The SMILES string of the molecule is CC(C)n1ncc2c(C(=O)OCC(=O)N(C)c3ccccc3)cc(-c3ccccc3)nc21. The molecular formula is C25H24N4O3. The number of likely N-dealkylation sites (N-methyl/N-ethyl adjacent to an activating group) is 1. The summed E-state index contributed by atoms with van der Waals surface area (Å²) in [5.74, 6) is -0.913. The Labute approximate surface area is 186 Å². The second-order valence-corrected chi connectivity index (χ2v) is 7.71. The molecule has 2 heterocycles. The third-order valence-electron chi connectivity index (χ3n) is 5.19. The Hall–Kier alpha value is -4.00. The van der Waals surface area contributed by atoms with E-state index in [0.29, 0.717) is 22.3 Å². The van der Waals surface area contributed by atoms with Gasteiger partial charge in [0.1, 0.15) is 0 Å². The second kappa shape index (κ2) is 9.01. The van der Waals surface area contributed by atoms with Gasteiger partial charge in [-0.15, -0.1) is 0 Å². The van der Waals surface area contributed by atoms with Crippen LogP contribution in [-0.2, 0) is 9.53 Å². The minimum absolute atomic E-state index is 0.0657. The number of pyridine rings is 1. The summed E-state index contributed by atoms with van der Waals surface area (Å²) >= 11 is 0. The van der Waals surface area contributed by atoms with Gasteiger partial charge in [0.15, 0.2) is 12.3 Å². The number of carbonyl (C=O) groups is 2. The molecule has 0 spiro atoms. The zero-order chi connectivity index (χ0) is 22.7. The molecule has 0 radical (unpaired) electrons. The van der Waals surface area contributed by atoms with E-state index in [0.717, 1.165) is 11.3 Å². The summed E-state index contributed by atoms with van der Waals surface area (Å²) < 4.78 is 7.18. The third kappa shape index (κ3) is 4.23. The van der Waals surface area contributed by atoms with Gasteiger partial charge < -0.3 is 9.64 Å². The van der Waals surface area contributed by atoms with Gasteiger partial charge in [0.25, 0.3) is 5.91 Å². The van der Waals surface area contributed by atoms with Crippen LogP contribution >= 0.6 is 0 Å². The van der Waals surface area contributed by atoms with Crippen molar-refractivity contribution >= 4 is 28.6 Å². The molecule has 0 fully saturated rings. The summed E-state index contributed by atoms with van der Waals surface area (Å²) in [6, 6.07) is 20.6. The van der Waals surface area contributed by atoms with Crippen molar-refractivity contribution in [3.05, 3.63) is 78.5 Å². The van der Waals surface area contributed by atoms with Crippen molar-refractivity contribution in [3.8, 4) is 11.3 Å². The number of esters is 1. The molecule has 7 heteroatoms. The van der Waals surface area contributed by atoms with Gasteiger partial charge in [0.2, 0.25) is 0 Å². The van der Waals surface area contributed by atoms with Crippen molar-refractivity contribution in [3.63, 3.8) is 0 Å². The maximum absolute atomic E-state index is 13.0. The van der Waals surface area contributed by atoms with Gasteiger partial charge in [-0.25, -0.2) is 14.5 Å². The lowest BCUT2D eigenvalue weighted by Gasteiger charge is -2.17. The molecular weight excluding hydrogens is 404 g/mol. The molecule has 4 aromatic rings. The fourth-order valence-corrected chi connectivity index (χ4v) is 3.42. The van der Waals surface area contributed by atoms with Crippen LogP contribution in [0.15, 0.2) is 72.9 Å². The minimum atomic E-state index is -0.590. The molecule has 1 amide bonds. The van der Waals surface area contributed by atoms with Crippen molar-refractivity contribution in [1.82, 2.24) is 14.8 Å². The van der Waals surface area contributed by atoms with Crippen LogP contribution in [0.3, 0.4) is 0 Å². The molecule has 2 aromatic carbocycles.